The number of hydrogen-bond donors (Lipinski definition) is 1. The molecule has 0 aliphatic rings. The van der Waals surface area contributed by atoms with Crippen molar-refractivity contribution in [3.8, 4) is 11.6 Å². The number of hydrogen-bond acceptors (Lipinski definition) is 5. The standard InChI is InChI=1S/C20H15N3O2/c1-13(24)14-6-4-7-15(12-14)21-19-16-8-2-3-9-17(16)22-20(23-19)18-10-5-11-25-18/h2-12H,1H3,(H,21,22,23). The van der Waals surface area contributed by atoms with Crippen molar-refractivity contribution in [2.75, 3.05) is 5.32 Å². The predicted octanol–water partition coefficient (Wildman–Crippen LogP) is 4.84. The number of aromatic nitrogens is 2. The number of para-hydroxylation sites is 1. The van der Waals surface area contributed by atoms with Gasteiger partial charge in [0.2, 0.25) is 0 Å². The third-order valence-electron chi connectivity index (χ3n) is 3.88. The summed E-state index contributed by atoms with van der Waals surface area (Å²) in [6.07, 6.45) is 1.59. The van der Waals surface area contributed by atoms with Crippen molar-refractivity contribution in [1.82, 2.24) is 9.97 Å². The van der Waals surface area contributed by atoms with Gasteiger partial charge in [-0.05, 0) is 43.3 Å². The Morgan fingerprint density at radius 3 is 2.68 bits per heavy atom. The van der Waals surface area contributed by atoms with Gasteiger partial charge in [0.15, 0.2) is 17.4 Å². The Balaban J connectivity index is 1.83. The fourth-order valence-electron chi connectivity index (χ4n) is 2.64. The Hall–Kier alpha value is -3.47. The molecule has 0 saturated heterocycles. The Morgan fingerprint density at radius 2 is 1.88 bits per heavy atom. The third kappa shape index (κ3) is 2.99. The van der Waals surface area contributed by atoms with Gasteiger partial charge in [0, 0.05) is 16.6 Å². The first kappa shape index (κ1) is 15.1. The van der Waals surface area contributed by atoms with Gasteiger partial charge in [0.1, 0.15) is 5.82 Å². The molecule has 0 unspecified atom stereocenters. The highest BCUT2D eigenvalue weighted by atomic mass is 16.3. The molecule has 0 amide bonds. The van der Waals surface area contributed by atoms with Crippen LogP contribution in [0, 0.1) is 0 Å². The first-order chi connectivity index (χ1) is 12.2. The van der Waals surface area contributed by atoms with E-state index in [0.717, 1.165) is 16.6 Å². The Morgan fingerprint density at radius 1 is 1.00 bits per heavy atom. The van der Waals surface area contributed by atoms with Crippen LogP contribution in [0.4, 0.5) is 11.5 Å². The highest BCUT2D eigenvalue weighted by Crippen LogP contribution is 2.27. The zero-order valence-corrected chi connectivity index (χ0v) is 13.6. The van der Waals surface area contributed by atoms with Gasteiger partial charge in [-0.1, -0.05) is 24.3 Å². The maximum absolute atomic E-state index is 11.6. The molecule has 2 aromatic carbocycles. The number of fused-ring (bicyclic) bond motifs is 1. The molecule has 2 aromatic heterocycles. The quantitative estimate of drug-likeness (QED) is 0.543. The van der Waals surface area contributed by atoms with Crippen molar-refractivity contribution in [2.24, 2.45) is 0 Å². The van der Waals surface area contributed by atoms with Crippen molar-refractivity contribution < 1.29 is 9.21 Å². The van der Waals surface area contributed by atoms with Crippen LogP contribution >= 0.6 is 0 Å². The van der Waals surface area contributed by atoms with Gasteiger partial charge in [0.25, 0.3) is 0 Å². The molecule has 0 bridgehead atoms. The number of benzene rings is 2. The normalized spacial score (nSPS) is 10.8. The van der Waals surface area contributed by atoms with Crippen LogP contribution in [0.2, 0.25) is 0 Å². The molecule has 0 spiro atoms. The molecule has 5 heteroatoms. The van der Waals surface area contributed by atoms with Gasteiger partial charge >= 0.3 is 0 Å². The number of carbonyl (C=O) groups is 1. The summed E-state index contributed by atoms with van der Waals surface area (Å²) in [5, 5.41) is 4.19. The lowest BCUT2D eigenvalue weighted by Gasteiger charge is -2.11. The maximum Gasteiger partial charge on any atom is 0.198 e. The first-order valence-corrected chi connectivity index (χ1v) is 7.89. The van der Waals surface area contributed by atoms with E-state index in [1.807, 2.05) is 48.5 Å². The van der Waals surface area contributed by atoms with Gasteiger partial charge in [0.05, 0.1) is 11.8 Å². The monoisotopic (exact) mass is 329 g/mol. The van der Waals surface area contributed by atoms with E-state index in [2.05, 4.69) is 15.3 Å². The molecule has 25 heavy (non-hydrogen) atoms. The summed E-state index contributed by atoms with van der Waals surface area (Å²) < 4.78 is 5.43. The van der Waals surface area contributed by atoms with Gasteiger partial charge in [-0.15, -0.1) is 0 Å². The second-order valence-electron chi connectivity index (χ2n) is 5.65. The molecular weight excluding hydrogens is 314 g/mol. The molecule has 0 saturated carbocycles. The SMILES string of the molecule is CC(=O)c1cccc(Nc2nc(-c3ccco3)nc3ccccc23)c1. The van der Waals surface area contributed by atoms with Crippen LogP contribution in [0.25, 0.3) is 22.5 Å². The number of ketones is 1. The van der Waals surface area contributed by atoms with E-state index in [0.29, 0.717) is 23.0 Å². The molecule has 122 valence electrons. The van der Waals surface area contributed by atoms with E-state index in [4.69, 9.17) is 4.42 Å². The summed E-state index contributed by atoms with van der Waals surface area (Å²) >= 11 is 0. The average molecular weight is 329 g/mol. The molecule has 4 rings (SSSR count). The first-order valence-electron chi connectivity index (χ1n) is 7.89. The lowest BCUT2D eigenvalue weighted by Crippen LogP contribution is -2.00. The molecule has 0 atom stereocenters. The summed E-state index contributed by atoms with van der Waals surface area (Å²) in [5.41, 5.74) is 2.26. The van der Waals surface area contributed by atoms with Crippen LogP contribution < -0.4 is 5.32 Å². The summed E-state index contributed by atoms with van der Waals surface area (Å²) in [4.78, 5) is 20.8. The second kappa shape index (κ2) is 6.20. The van der Waals surface area contributed by atoms with Crippen molar-refractivity contribution in [1.29, 1.82) is 0 Å². The summed E-state index contributed by atoms with van der Waals surface area (Å²) in [7, 11) is 0. The van der Waals surface area contributed by atoms with Crippen LogP contribution in [0.5, 0.6) is 0 Å². The third-order valence-corrected chi connectivity index (χ3v) is 3.88. The lowest BCUT2D eigenvalue weighted by molar-refractivity contribution is 0.101. The van der Waals surface area contributed by atoms with Crippen LogP contribution in [0.15, 0.2) is 71.3 Å². The zero-order chi connectivity index (χ0) is 17.2. The largest absolute Gasteiger partial charge is 0.461 e. The van der Waals surface area contributed by atoms with E-state index in [-0.39, 0.29) is 5.78 Å². The number of nitrogens with zero attached hydrogens (tertiary/aromatic N) is 2. The van der Waals surface area contributed by atoms with E-state index in [1.165, 1.54) is 0 Å². The number of rotatable bonds is 4. The molecule has 0 fully saturated rings. The molecule has 4 aromatic rings. The zero-order valence-electron chi connectivity index (χ0n) is 13.6. The number of furan rings is 1. The highest BCUT2D eigenvalue weighted by molar-refractivity contribution is 5.96. The van der Waals surface area contributed by atoms with Crippen LogP contribution in [0.1, 0.15) is 17.3 Å². The molecule has 5 nitrogen and oxygen atoms in total. The predicted molar refractivity (Wildman–Crippen MR) is 97.0 cm³/mol. The summed E-state index contributed by atoms with van der Waals surface area (Å²) in [6.45, 7) is 1.55. The van der Waals surface area contributed by atoms with Gasteiger partial charge < -0.3 is 9.73 Å². The number of carbonyl (C=O) groups excluding carboxylic acids is 1. The van der Waals surface area contributed by atoms with Gasteiger partial charge in [-0.25, -0.2) is 9.97 Å². The summed E-state index contributed by atoms with van der Waals surface area (Å²) in [6, 6.07) is 18.7. The number of nitrogens with one attached hydrogen (secondary N) is 1. The van der Waals surface area contributed by atoms with Crippen molar-refractivity contribution >= 4 is 28.2 Å². The van der Waals surface area contributed by atoms with E-state index in [1.54, 1.807) is 25.3 Å². The number of anilines is 2. The van der Waals surface area contributed by atoms with E-state index >= 15 is 0 Å². The molecule has 1 N–H and O–H groups in total. The molecule has 0 aliphatic heterocycles. The Kier molecular flexibility index (Phi) is 3.74. The fourth-order valence-corrected chi connectivity index (χ4v) is 2.64. The van der Waals surface area contributed by atoms with Crippen LogP contribution in [-0.4, -0.2) is 15.8 Å². The minimum absolute atomic E-state index is 0.0208. The highest BCUT2D eigenvalue weighted by Gasteiger charge is 2.11. The Labute approximate surface area is 144 Å². The number of Topliss-reactive ketones (excluding diaryl/α,β-unsaturated/α-hetero) is 1. The minimum atomic E-state index is 0.0208. The summed E-state index contributed by atoms with van der Waals surface area (Å²) in [5.74, 6) is 1.80. The minimum Gasteiger partial charge on any atom is -0.461 e. The lowest BCUT2D eigenvalue weighted by atomic mass is 10.1. The van der Waals surface area contributed by atoms with Crippen molar-refractivity contribution in [3.63, 3.8) is 0 Å². The van der Waals surface area contributed by atoms with Gasteiger partial charge in [-0.3, -0.25) is 4.79 Å². The van der Waals surface area contributed by atoms with Crippen LogP contribution in [0.3, 0.4) is 0 Å². The van der Waals surface area contributed by atoms with Gasteiger partial charge in [-0.2, -0.15) is 0 Å². The topological polar surface area (TPSA) is 68.0 Å². The molecular formula is C20H15N3O2. The second-order valence-corrected chi connectivity index (χ2v) is 5.65. The molecule has 2 heterocycles. The molecule has 0 radical (unpaired) electrons. The fraction of sp³-hybridized carbons (Fsp3) is 0.0500. The maximum atomic E-state index is 11.6. The van der Waals surface area contributed by atoms with Crippen molar-refractivity contribution in [3.05, 3.63) is 72.5 Å². The van der Waals surface area contributed by atoms with E-state index in [9.17, 15) is 4.79 Å². The van der Waals surface area contributed by atoms with E-state index < -0.39 is 0 Å². The smallest absolute Gasteiger partial charge is 0.198 e. The van der Waals surface area contributed by atoms with Crippen LogP contribution in [-0.2, 0) is 0 Å². The average Bonchev–Trinajstić information content (AvgIpc) is 3.16. The molecule has 0 aliphatic carbocycles. The van der Waals surface area contributed by atoms with Crippen molar-refractivity contribution in [2.45, 2.75) is 6.92 Å². The Bertz CT molecular complexity index is 1060.